The molecule has 1 amide bonds. The van der Waals surface area contributed by atoms with Crippen molar-refractivity contribution in [1.29, 1.82) is 0 Å². The molecule has 0 aromatic heterocycles. The Bertz CT molecular complexity index is 308. The second-order valence-electron chi connectivity index (χ2n) is 5.55. The lowest BCUT2D eigenvalue weighted by Gasteiger charge is -2.24. The predicted octanol–water partition coefficient (Wildman–Crippen LogP) is 0.764. The summed E-state index contributed by atoms with van der Waals surface area (Å²) >= 11 is 0. The van der Waals surface area contributed by atoms with Gasteiger partial charge in [-0.25, -0.2) is 0 Å². The third-order valence-electron chi connectivity index (χ3n) is 4.26. The number of likely N-dealkylation sites (tertiary alicyclic amines) is 1. The predicted molar refractivity (Wildman–Crippen MR) is 64.7 cm³/mol. The van der Waals surface area contributed by atoms with Crippen LogP contribution in [0.25, 0.3) is 0 Å². The zero-order valence-electron chi connectivity index (χ0n) is 10.5. The Morgan fingerprint density at radius 1 is 1.35 bits per heavy atom. The Morgan fingerprint density at radius 2 is 2.18 bits per heavy atom. The summed E-state index contributed by atoms with van der Waals surface area (Å²) in [7, 11) is 0. The first kappa shape index (κ1) is 11.5. The van der Waals surface area contributed by atoms with E-state index in [-0.39, 0.29) is 12.0 Å². The molecule has 96 valence electrons. The minimum absolute atomic E-state index is 0.159. The number of ether oxygens (including phenoxy) is 1. The zero-order chi connectivity index (χ0) is 11.8. The third-order valence-corrected chi connectivity index (χ3v) is 4.26. The normalized spacial score (nSPS) is 40.2. The van der Waals surface area contributed by atoms with E-state index in [0.717, 1.165) is 32.5 Å². The summed E-state index contributed by atoms with van der Waals surface area (Å²) in [4.78, 5) is 14.4. The second kappa shape index (κ2) is 4.58. The molecule has 1 saturated carbocycles. The van der Waals surface area contributed by atoms with Crippen LogP contribution in [0, 0.1) is 5.92 Å². The van der Waals surface area contributed by atoms with E-state index in [1.54, 1.807) is 0 Å². The van der Waals surface area contributed by atoms with Gasteiger partial charge in [0.05, 0.1) is 12.0 Å². The summed E-state index contributed by atoms with van der Waals surface area (Å²) in [5.41, 5.74) is 0. The molecule has 0 aromatic carbocycles. The van der Waals surface area contributed by atoms with Crippen molar-refractivity contribution >= 4 is 5.91 Å². The van der Waals surface area contributed by atoms with Gasteiger partial charge in [-0.15, -0.1) is 0 Å². The molecule has 3 rings (SSSR count). The summed E-state index contributed by atoms with van der Waals surface area (Å²) in [6, 6.07) is 1.19. The lowest BCUT2D eigenvalue weighted by Crippen LogP contribution is -2.40. The highest BCUT2D eigenvalue weighted by molar-refractivity contribution is 5.82. The molecule has 4 nitrogen and oxygen atoms in total. The Morgan fingerprint density at radius 3 is 3.00 bits per heavy atom. The first-order valence-corrected chi connectivity index (χ1v) is 6.94. The standard InChI is InChI=1S/C13H22N2O2/c1-2-17-12-7-11(12)13(16)15-6-5-9-3-4-10(8-15)14-9/h9-12,14H,2-8H2,1H3. The van der Waals surface area contributed by atoms with E-state index in [9.17, 15) is 4.79 Å². The van der Waals surface area contributed by atoms with Crippen LogP contribution in [0.1, 0.15) is 32.6 Å². The van der Waals surface area contributed by atoms with Crippen molar-refractivity contribution in [2.45, 2.75) is 50.8 Å². The smallest absolute Gasteiger partial charge is 0.228 e. The van der Waals surface area contributed by atoms with Crippen molar-refractivity contribution in [3.05, 3.63) is 0 Å². The minimum Gasteiger partial charge on any atom is -0.378 e. The van der Waals surface area contributed by atoms with Gasteiger partial charge in [0.2, 0.25) is 5.91 Å². The van der Waals surface area contributed by atoms with Gasteiger partial charge in [0.1, 0.15) is 0 Å². The number of hydrogen-bond acceptors (Lipinski definition) is 3. The van der Waals surface area contributed by atoms with Crippen molar-refractivity contribution in [2.75, 3.05) is 19.7 Å². The van der Waals surface area contributed by atoms with E-state index in [1.807, 2.05) is 6.92 Å². The quantitative estimate of drug-likeness (QED) is 0.789. The molecule has 0 radical (unpaired) electrons. The van der Waals surface area contributed by atoms with E-state index in [2.05, 4.69) is 10.2 Å². The van der Waals surface area contributed by atoms with Crippen LogP contribution < -0.4 is 5.32 Å². The second-order valence-corrected chi connectivity index (χ2v) is 5.55. The van der Waals surface area contributed by atoms with Gasteiger partial charge < -0.3 is 15.0 Å². The van der Waals surface area contributed by atoms with Crippen molar-refractivity contribution in [2.24, 2.45) is 5.92 Å². The molecule has 4 heteroatoms. The monoisotopic (exact) mass is 238 g/mol. The van der Waals surface area contributed by atoms with Crippen LogP contribution in [0.3, 0.4) is 0 Å². The van der Waals surface area contributed by atoms with Crippen LogP contribution in [0.5, 0.6) is 0 Å². The molecule has 2 heterocycles. The largest absolute Gasteiger partial charge is 0.378 e. The van der Waals surface area contributed by atoms with E-state index in [4.69, 9.17) is 4.74 Å². The van der Waals surface area contributed by atoms with Crippen molar-refractivity contribution in [1.82, 2.24) is 10.2 Å². The van der Waals surface area contributed by atoms with Crippen molar-refractivity contribution < 1.29 is 9.53 Å². The third kappa shape index (κ3) is 2.33. The number of rotatable bonds is 3. The number of fused-ring (bicyclic) bond motifs is 2. The highest BCUT2D eigenvalue weighted by Crippen LogP contribution is 2.36. The summed E-state index contributed by atoms with van der Waals surface area (Å²) in [6.07, 6.45) is 4.78. The van der Waals surface area contributed by atoms with E-state index in [0.29, 0.717) is 18.0 Å². The average Bonchev–Trinajstić information content (AvgIpc) is 2.97. The van der Waals surface area contributed by atoms with Crippen LogP contribution in [-0.2, 0) is 9.53 Å². The van der Waals surface area contributed by atoms with Crippen molar-refractivity contribution in [3.8, 4) is 0 Å². The molecule has 4 unspecified atom stereocenters. The van der Waals surface area contributed by atoms with Gasteiger partial charge in [-0.05, 0) is 32.6 Å². The van der Waals surface area contributed by atoms with Crippen LogP contribution in [0.4, 0.5) is 0 Å². The minimum atomic E-state index is 0.159. The van der Waals surface area contributed by atoms with Gasteiger partial charge >= 0.3 is 0 Å². The van der Waals surface area contributed by atoms with Crippen LogP contribution in [0.2, 0.25) is 0 Å². The topological polar surface area (TPSA) is 41.6 Å². The molecule has 4 atom stereocenters. The first-order valence-electron chi connectivity index (χ1n) is 6.94. The highest BCUT2D eigenvalue weighted by atomic mass is 16.5. The van der Waals surface area contributed by atoms with E-state index < -0.39 is 0 Å². The molecule has 3 fully saturated rings. The van der Waals surface area contributed by atoms with Gasteiger partial charge in [-0.2, -0.15) is 0 Å². The number of hydrogen-bond donors (Lipinski definition) is 1. The summed E-state index contributed by atoms with van der Waals surface area (Å²) in [5, 5.41) is 3.61. The number of carbonyl (C=O) groups is 1. The number of carbonyl (C=O) groups excluding carboxylic acids is 1. The maximum absolute atomic E-state index is 12.3. The Kier molecular flexibility index (Phi) is 3.09. The fourth-order valence-electron chi connectivity index (χ4n) is 3.21. The van der Waals surface area contributed by atoms with Crippen LogP contribution in [-0.4, -0.2) is 48.7 Å². The molecule has 0 aromatic rings. The summed E-state index contributed by atoms with van der Waals surface area (Å²) in [6.45, 7) is 4.56. The number of amides is 1. The molecule has 1 aliphatic carbocycles. The van der Waals surface area contributed by atoms with Gasteiger partial charge in [-0.1, -0.05) is 0 Å². The van der Waals surface area contributed by atoms with Crippen LogP contribution in [0.15, 0.2) is 0 Å². The van der Waals surface area contributed by atoms with Gasteiger partial charge in [0.15, 0.2) is 0 Å². The van der Waals surface area contributed by atoms with Gasteiger partial charge in [0, 0.05) is 31.8 Å². The number of nitrogens with zero attached hydrogens (tertiary/aromatic N) is 1. The molecule has 3 aliphatic rings. The Balaban J connectivity index is 1.56. The molecular weight excluding hydrogens is 216 g/mol. The fourth-order valence-corrected chi connectivity index (χ4v) is 3.21. The van der Waals surface area contributed by atoms with Gasteiger partial charge in [-0.3, -0.25) is 4.79 Å². The average molecular weight is 238 g/mol. The maximum Gasteiger partial charge on any atom is 0.228 e. The van der Waals surface area contributed by atoms with E-state index in [1.165, 1.54) is 12.8 Å². The molecule has 0 spiro atoms. The molecular formula is C13H22N2O2. The maximum atomic E-state index is 12.3. The fraction of sp³-hybridized carbons (Fsp3) is 0.923. The molecule has 2 aliphatic heterocycles. The molecule has 17 heavy (non-hydrogen) atoms. The molecule has 2 saturated heterocycles. The highest BCUT2D eigenvalue weighted by Gasteiger charge is 2.46. The first-order chi connectivity index (χ1) is 8.28. The Labute approximate surface area is 103 Å². The lowest BCUT2D eigenvalue weighted by molar-refractivity contribution is -0.133. The SMILES string of the molecule is CCOC1CC1C(=O)N1CCC2CCC(C1)N2. The van der Waals surface area contributed by atoms with E-state index >= 15 is 0 Å². The summed E-state index contributed by atoms with van der Waals surface area (Å²) in [5.74, 6) is 0.490. The summed E-state index contributed by atoms with van der Waals surface area (Å²) < 4.78 is 5.51. The number of nitrogens with one attached hydrogen (secondary N) is 1. The van der Waals surface area contributed by atoms with Crippen molar-refractivity contribution in [3.63, 3.8) is 0 Å². The van der Waals surface area contributed by atoms with Crippen LogP contribution >= 0.6 is 0 Å². The molecule has 2 bridgehead atoms. The zero-order valence-corrected chi connectivity index (χ0v) is 10.5. The molecule has 1 N–H and O–H groups in total. The van der Waals surface area contributed by atoms with Gasteiger partial charge in [0.25, 0.3) is 0 Å². The lowest BCUT2D eigenvalue weighted by atomic mass is 10.1. The Hall–Kier alpha value is -0.610.